The Bertz CT molecular complexity index is 311. The summed E-state index contributed by atoms with van der Waals surface area (Å²) in [4.78, 5) is 0. The highest BCUT2D eigenvalue weighted by atomic mass is 32.1. The second-order valence-corrected chi connectivity index (χ2v) is 7.22. The minimum absolute atomic E-state index is 0.678. The maximum atomic E-state index is 5.20. The Balaban J connectivity index is 1.80. The number of hydrogen-bond acceptors (Lipinski definition) is 1. The molecule has 0 spiro atoms. The Labute approximate surface area is 105 Å². The lowest BCUT2D eigenvalue weighted by atomic mass is 9.45. The van der Waals surface area contributed by atoms with Gasteiger partial charge in [0.15, 0.2) is 0 Å². The second-order valence-electron chi connectivity index (χ2n) is 6.95. The predicted molar refractivity (Wildman–Crippen MR) is 72.5 cm³/mol. The third kappa shape index (κ3) is 1.36. The fraction of sp³-hybridized carbons (Fsp3) is 0.933. The average molecular weight is 236 g/mol. The molecule has 0 bridgehead atoms. The van der Waals surface area contributed by atoms with Gasteiger partial charge >= 0.3 is 0 Å². The fourth-order valence-electron chi connectivity index (χ4n) is 4.99. The molecular weight excluding hydrogens is 212 g/mol. The number of rotatable bonds is 3. The topological polar surface area (TPSA) is 0 Å². The van der Waals surface area contributed by atoms with E-state index in [1.54, 1.807) is 6.42 Å². The summed E-state index contributed by atoms with van der Waals surface area (Å²) in [6, 6.07) is 0. The molecule has 0 heterocycles. The van der Waals surface area contributed by atoms with Crippen molar-refractivity contribution in [3.05, 3.63) is 0 Å². The molecule has 0 aliphatic heterocycles. The van der Waals surface area contributed by atoms with Gasteiger partial charge in [0.2, 0.25) is 0 Å². The highest BCUT2D eigenvalue weighted by molar-refractivity contribution is 7.79. The first-order chi connectivity index (χ1) is 7.60. The first kappa shape index (κ1) is 11.2. The standard InChI is InChI=1S/C15H24S/c1-4-15(3)7-12-13(15)6-10-5-11(10)14(12)9(2)8-16/h8-14H,4-7H2,1-3H3/t9-,10?,11?,12?,13?,14?,15?/m0/s1. The van der Waals surface area contributed by atoms with Gasteiger partial charge in [0.1, 0.15) is 0 Å². The Morgan fingerprint density at radius 2 is 2.12 bits per heavy atom. The molecule has 6 unspecified atom stereocenters. The van der Waals surface area contributed by atoms with Crippen LogP contribution < -0.4 is 0 Å². The molecule has 0 radical (unpaired) electrons. The van der Waals surface area contributed by atoms with E-state index in [1.165, 1.54) is 19.3 Å². The maximum absolute atomic E-state index is 5.20. The van der Waals surface area contributed by atoms with E-state index in [9.17, 15) is 0 Å². The lowest BCUT2D eigenvalue weighted by molar-refractivity contribution is -0.101. The van der Waals surface area contributed by atoms with Crippen molar-refractivity contribution in [3.8, 4) is 0 Å². The quantitative estimate of drug-likeness (QED) is 0.657. The van der Waals surface area contributed by atoms with Crippen molar-refractivity contribution in [2.45, 2.75) is 46.5 Å². The molecule has 0 aromatic carbocycles. The number of hydrogen-bond donors (Lipinski definition) is 0. The van der Waals surface area contributed by atoms with Gasteiger partial charge in [0.05, 0.1) is 0 Å². The van der Waals surface area contributed by atoms with Gasteiger partial charge in [-0.1, -0.05) is 39.4 Å². The Hall–Kier alpha value is 0.0900. The molecule has 0 saturated heterocycles. The summed E-state index contributed by atoms with van der Waals surface area (Å²) in [5.74, 6) is 5.80. The van der Waals surface area contributed by atoms with E-state index in [1.807, 2.05) is 5.37 Å². The van der Waals surface area contributed by atoms with Crippen molar-refractivity contribution in [3.63, 3.8) is 0 Å². The van der Waals surface area contributed by atoms with Crippen LogP contribution >= 0.6 is 12.2 Å². The first-order valence-corrected chi connectivity index (χ1v) is 7.53. The number of fused-ring (bicyclic) bond motifs is 2. The molecule has 16 heavy (non-hydrogen) atoms. The van der Waals surface area contributed by atoms with E-state index in [0.29, 0.717) is 11.3 Å². The molecule has 3 saturated carbocycles. The molecule has 90 valence electrons. The molecule has 7 atom stereocenters. The van der Waals surface area contributed by atoms with Gasteiger partial charge in [-0.25, -0.2) is 0 Å². The molecule has 3 aliphatic carbocycles. The van der Waals surface area contributed by atoms with Gasteiger partial charge in [-0.3, -0.25) is 0 Å². The Morgan fingerprint density at radius 1 is 1.38 bits per heavy atom. The fourth-order valence-corrected chi connectivity index (χ4v) is 5.17. The van der Waals surface area contributed by atoms with Gasteiger partial charge in [-0.2, -0.15) is 0 Å². The van der Waals surface area contributed by atoms with Gasteiger partial charge in [-0.05, 0) is 65.6 Å². The summed E-state index contributed by atoms with van der Waals surface area (Å²) in [6.07, 6.45) is 5.92. The van der Waals surface area contributed by atoms with Crippen molar-refractivity contribution in [2.24, 2.45) is 40.9 Å². The van der Waals surface area contributed by atoms with Gasteiger partial charge in [0, 0.05) is 0 Å². The van der Waals surface area contributed by atoms with Crippen LogP contribution in [0.1, 0.15) is 46.5 Å². The maximum Gasteiger partial charge on any atom is -0.0123 e. The van der Waals surface area contributed by atoms with Crippen LogP contribution in [0.3, 0.4) is 0 Å². The van der Waals surface area contributed by atoms with Crippen molar-refractivity contribution in [1.82, 2.24) is 0 Å². The van der Waals surface area contributed by atoms with Crippen LogP contribution in [-0.2, 0) is 0 Å². The SMILES string of the molecule is CCC1(C)CC2C([C@@H](C)C=S)C3CC3CC21. The zero-order valence-electron chi connectivity index (χ0n) is 10.8. The lowest BCUT2D eigenvalue weighted by Crippen LogP contribution is -2.52. The zero-order chi connectivity index (χ0) is 11.5. The molecule has 3 rings (SSSR count). The minimum Gasteiger partial charge on any atom is -0.0932 e. The zero-order valence-corrected chi connectivity index (χ0v) is 11.6. The molecule has 0 aromatic heterocycles. The number of thiocarbonyl (C=S) groups is 1. The van der Waals surface area contributed by atoms with E-state index in [-0.39, 0.29) is 0 Å². The molecule has 3 fully saturated rings. The van der Waals surface area contributed by atoms with Crippen LogP contribution in [0, 0.1) is 40.9 Å². The smallest absolute Gasteiger partial charge is 0.0123 e. The van der Waals surface area contributed by atoms with E-state index in [4.69, 9.17) is 12.2 Å². The van der Waals surface area contributed by atoms with Crippen molar-refractivity contribution in [2.75, 3.05) is 0 Å². The van der Waals surface area contributed by atoms with E-state index in [0.717, 1.165) is 29.6 Å². The highest BCUT2D eigenvalue weighted by Gasteiger charge is 2.62. The van der Waals surface area contributed by atoms with Crippen molar-refractivity contribution < 1.29 is 0 Å². The monoisotopic (exact) mass is 236 g/mol. The molecule has 0 N–H and O–H groups in total. The first-order valence-electron chi connectivity index (χ1n) is 7.06. The van der Waals surface area contributed by atoms with Crippen LogP contribution in [0.5, 0.6) is 0 Å². The van der Waals surface area contributed by atoms with E-state index >= 15 is 0 Å². The minimum atomic E-state index is 0.678. The molecule has 3 aliphatic rings. The lowest BCUT2D eigenvalue weighted by Gasteiger charge is -2.59. The third-order valence-corrected chi connectivity index (χ3v) is 6.70. The van der Waals surface area contributed by atoms with Crippen LogP contribution in [-0.4, -0.2) is 5.37 Å². The van der Waals surface area contributed by atoms with Crippen LogP contribution in [0.15, 0.2) is 0 Å². The molecule has 0 nitrogen and oxygen atoms in total. The van der Waals surface area contributed by atoms with E-state index in [2.05, 4.69) is 20.8 Å². The van der Waals surface area contributed by atoms with Gasteiger partial charge < -0.3 is 0 Å². The predicted octanol–water partition coefficient (Wildman–Crippen LogP) is 4.33. The van der Waals surface area contributed by atoms with Crippen LogP contribution in [0.25, 0.3) is 0 Å². The summed E-state index contributed by atoms with van der Waals surface area (Å²) in [5, 5.41) is 2.05. The average Bonchev–Trinajstić information content (AvgIpc) is 3.04. The molecule has 0 aromatic rings. The summed E-state index contributed by atoms with van der Waals surface area (Å²) in [6.45, 7) is 7.26. The summed E-state index contributed by atoms with van der Waals surface area (Å²) < 4.78 is 0. The summed E-state index contributed by atoms with van der Waals surface area (Å²) >= 11 is 5.20. The second kappa shape index (κ2) is 3.54. The summed E-state index contributed by atoms with van der Waals surface area (Å²) in [5.41, 5.74) is 0.678. The van der Waals surface area contributed by atoms with Crippen LogP contribution in [0.2, 0.25) is 0 Å². The largest absolute Gasteiger partial charge is 0.0932 e. The molecular formula is C15H24S. The van der Waals surface area contributed by atoms with Crippen molar-refractivity contribution >= 4 is 17.6 Å². The molecule has 0 amide bonds. The van der Waals surface area contributed by atoms with Crippen molar-refractivity contribution in [1.29, 1.82) is 0 Å². The molecule has 1 heteroatoms. The van der Waals surface area contributed by atoms with Gasteiger partial charge in [0.25, 0.3) is 0 Å². The van der Waals surface area contributed by atoms with E-state index < -0.39 is 0 Å². The Morgan fingerprint density at radius 3 is 2.75 bits per heavy atom. The Kier molecular flexibility index (Phi) is 2.48. The van der Waals surface area contributed by atoms with Gasteiger partial charge in [-0.15, -0.1) is 0 Å². The van der Waals surface area contributed by atoms with Crippen LogP contribution in [0.4, 0.5) is 0 Å². The highest BCUT2D eigenvalue weighted by Crippen LogP contribution is 2.70. The summed E-state index contributed by atoms with van der Waals surface area (Å²) in [7, 11) is 0. The normalized spacial score (nSPS) is 55.6. The third-order valence-electron chi connectivity index (χ3n) is 6.27.